The number of piperidine rings is 1. The van der Waals surface area contributed by atoms with E-state index in [2.05, 4.69) is 17.6 Å². The number of hydrogen-bond donors (Lipinski definition) is 2. The van der Waals surface area contributed by atoms with Crippen LogP contribution in [0.2, 0.25) is 0 Å². The summed E-state index contributed by atoms with van der Waals surface area (Å²) < 4.78 is 0. The lowest BCUT2D eigenvalue weighted by Crippen LogP contribution is -2.45. The van der Waals surface area contributed by atoms with Crippen LogP contribution < -0.4 is 15.5 Å². The molecule has 1 aliphatic heterocycles. The third kappa shape index (κ3) is 4.90. The molecule has 2 N–H and O–H groups in total. The van der Waals surface area contributed by atoms with Crippen molar-refractivity contribution < 1.29 is 4.79 Å². The third-order valence-electron chi connectivity index (χ3n) is 3.99. The van der Waals surface area contributed by atoms with Crippen molar-refractivity contribution in [3.05, 3.63) is 29.8 Å². The summed E-state index contributed by atoms with van der Waals surface area (Å²) in [5.74, 6) is 0.0144. The normalized spacial score (nSPS) is 21.3. The monoisotopic (exact) mass is 311 g/mol. The van der Waals surface area contributed by atoms with Crippen molar-refractivity contribution in [3.63, 3.8) is 0 Å². The summed E-state index contributed by atoms with van der Waals surface area (Å²) in [6.07, 6.45) is 2.35. The maximum absolute atomic E-state index is 12.3. The Bertz CT molecular complexity index is 470. The molecule has 0 spiro atoms. The Morgan fingerprint density at radius 3 is 2.81 bits per heavy atom. The lowest BCUT2D eigenvalue weighted by molar-refractivity contribution is 0.0924. The van der Waals surface area contributed by atoms with E-state index in [4.69, 9.17) is 0 Å². The van der Waals surface area contributed by atoms with Crippen molar-refractivity contribution in [3.8, 4) is 0 Å². The number of halogens is 1. The van der Waals surface area contributed by atoms with Crippen molar-refractivity contribution in [2.45, 2.75) is 19.8 Å². The van der Waals surface area contributed by atoms with E-state index in [9.17, 15) is 4.79 Å². The van der Waals surface area contributed by atoms with Crippen LogP contribution in [0, 0.1) is 5.41 Å². The highest BCUT2D eigenvalue weighted by Gasteiger charge is 2.27. The highest BCUT2D eigenvalue weighted by Crippen LogP contribution is 2.24. The van der Waals surface area contributed by atoms with Gasteiger partial charge in [0.2, 0.25) is 0 Å². The highest BCUT2D eigenvalue weighted by molar-refractivity contribution is 5.95. The van der Waals surface area contributed by atoms with Gasteiger partial charge in [-0.1, -0.05) is 13.0 Å². The topological polar surface area (TPSA) is 44.4 Å². The number of amides is 1. The standard InChI is InChI=1S/C16H25N3O.ClH/c1-16(8-5-9-17-11-16)12-18-15(20)13-6-4-7-14(10-13)19(2)3;/h4,6-7,10,17H,5,8-9,11-12H2,1-3H3,(H,18,20);1H. The molecular weight excluding hydrogens is 286 g/mol. The smallest absolute Gasteiger partial charge is 0.251 e. The minimum Gasteiger partial charge on any atom is -0.378 e. The summed E-state index contributed by atoms with van der Waals surface area (Å²) in [7, 11) is 3.96. The first-order valence-electron chi connectivity index (χ1n) is 7.26. The minimum atomic E-state index is 0. The molecule has 1 amide bonds. The second-order valence-corrected chi connectivity index (χ2v) is 6.22. The number of carbonyl (C=O) groups is 1. The average molecular weight is 312 g/mol. The fraction of sp³-hybridized carbons (Fsp3) is 0.562. The van der Waals surface area contributed by atoms with Gasteiger partial charge in [0.1, 0.15) is 0 Å². The minimum absolute atomic E-state index is 0. The quantitative estimate of drug-likeness (QED) is 0.897. The molecule has 1 atom stereocenters. The van der Waals surface area contributed by atoms with Crippen LogP contribution in [-0.4, -0.2) is 39.6 Å². The molecule has 1 aromatic carbocycles. The Kier molecular flexibility index (Phi) is 6.49. The van der Waals surface area contributed by atoms with Gasteiger partial charge in [0, 0.05) is 38.4 Å². The number of benzene rings is 1. The molecular formula is C16H26ClN3O. The van der Waals surface area contributed by atoms with Gasteiger partial charge in [-0.3, -0.25) is 4.79 Å². The molecule has 5 heteroatoms. The Balaban J connectivity index is 0.00000220. The molecule has 0 aliphatic carbocycles. The van der Waals surface area contributed by atoms with Gasteiger partial charge in [-0.2, -0.15) is 0 Å². The van der Waals surface area contributed by atoms with Crippen LogP contribution in [-0.2, 0) is 0 Å². The highest BCUT2D eigenvalue weighted by atomic mass is 35.5. The van der Waals surface area contributed by atoms with Crippen molar-refractivity contribution in [1.29, 1.82) is 0 Å². The number of rotatable bonds is 4. The summed E-state index contributed by atoms with van der Waals surface area (Å²) in [6.45, 7) is 5.03. The molecule has 1 aliphatic rings. The molecule has 0 saturated carbocycles. The zero-order chi connectivity index (χ0) is 14.6. The number of carbonyl (C=O) groups excluding carboxylic acids is 1. The maximum Gasteiger partial charge on any atom is 0.251 e. The third-order valence-corrected chi connectivity index (χ3v) is 3.99. The zero-order valence-corrected chi connectivity index (χ0v) is 13.9. The van der Waals surface area contributed by atoms with Gasteiger partial charge < -0.3 is 15.5 Å². The van der Waals surface area contributed by atoms with Crippen LogP contribution in [0.3, 0.4) is 0 Å². The van der Waals surface area contributed by atoms with E-state index >= 15 is 0 Å². The lowest BCUT2D eigenvalue weighted by atomic mass is 9.83. The van der Waals surface area contributed by atoms with E-state index in [1.54, 1.807) is 0 Å². The Morgan fingerprint density at radius 2 is 2.19 bits per heavy atom. The first kappa shape index (κ1) is 17.8. The van der Waals surface area contributed by atoms with Gasteiger partial charge in [-0.25, -0.2) is 0 Å². The Morgan fingerprint density at radius 1 is 1.43 bits per heavy atom. The average Bonchev–Trinajstić information content (AvgIpc) is 2.46. The SMILES string of the molecule is CN(C)c1cccc(C(=O)NCC2(C)CCCNC2)c1.Cl. The van der Waals surface area contributed by atoms with Gasteiger partial charge in [0.05, 0.1) is 0 Å². The van der Waals surface area contributed by atoms with Crippen LogP contribution in [0.15, 0.2) is 24.3 Å². The summed E-state index contributed by atoms with van der Waals surface area (Å²) in [5, 5.41) is 6.48. The summed E-state index contributed by atoms with van der Waals surface area (Å²) in [6, 6.07) is 7.72. The van der Waals surface area contributed by atoms with Crippen molar-refractivity contribution in [2.24, 2.45) is 5.41 Å². The fourth-order valence-electron chi connectivity index (χ4n) is 2.59. The first-order valence-corrected chi connectivity index (χ1v) is 7.26. The number of anilines is 1. The molecule has 118 valence electrons. The molecule has 21 heavy (non-hydrogen) atoms. The second-order valence-electron chi connectivity index (χ2n) is 6.22. The van der Waals surface area contributed by atoms with Crippen molar-refractivity contribution in [1.82, 2.24) is 10.6 Å². The van der Waals surface area contributed by atoms with E-state index in [1.807, 2.05) is 43.3 Å². The van der Waals surface area contributed by atoms with Crippen LogP contribution in [0.25, 0.3) is 0 Å². The predicted molar refractivity (Wildman–Crippen MR) is 90.6 cm³/mol. The fourth-order valence-corrected chi connectivity index (χ4v) is 2.59. The first-order chi connectivity index (χ1) is 9.50. The molecule has 1 unspecified atom stereocenters. The van der Waals surface area contributed by atoms with Gasteiger partial charge in [-0.15, -0.1) is 12.4 Å². The maximum atomic E-state index is 12.3. The van der Waals surface area contributed by atoms with Gasteiger partial charge in [0.15, 0.2) is 0 Å². The van der Waals surface area contributed by atoms with Crippen molar-refractivity contribution in [2.75, 3.05) is 38.6 Å². The second kappa shape index (κ2) is 7.66. The summed E-state index contributed by atoms with van der Waals surface area (Å²) >= 11 is 0. The molecule has 4 nitrogen and oxygen atoms in total. The van der Waals surface area contributed by atoms with Crippen LogP contribution in [0.1, 0.15) is 30.1 Å². The molecule has 1 aromatic rings. The lowest BCUT2D eigenvalue weighted by Gasteiger charge is -2.34. The Labute approximate surface area is 133 Å². The number of nitrogens with one attached hydrogen (secondary N) is 2. The molecule has 0 radical (unpaired) electrons. The molecule has 1 heterocycles. The van der Waals surface area contributed by atoms with Gasteiger partial charge in [-0.05, 0) is 43.0 Å². The van der Waals surface area contributed by atoms with Crippen LogP contribution >= 0.6 is 12.4 Å². The zero-order valence-electron chi connectivity index (χ0n) is 13.1. The number of hydrogen-bond acceptors (Lipinski definition) is 3. The van der Waals surface area contributed by atoms with Crippen molar-refractivity contribution >= 4 is 24.0 Å². The molecule has 1 saturated heterocycles. The molecule has 0 bridgehead atoms. The van der Waals surface area contributed by atoms with Gasteiger partial charge >= 0.3 is 0 Å². The van der Waals surface area contributed by atoms with E-state index in [-0.39, 0.29) is 23.7 Å². The van der Waals surface area contributed by atoms with E-state index in [0.29, 0.717) is 0 Å². The largest absolute Gasteiger partial charge is 0.378 e. The predicted octanol–water partition coefficient (Wildman–Crippen LogP) is 2.29. The van der Waals surface area contributed by atoms with Crippen LogP contribution in [0.5, 0.6) is 0 Å². The summed E-state index contributed by atoms with van der Waals surface area (Å²) in [5.41, 5.74) is 1.94. The van der Waals surface area contributed by atoms with E-state index < -0.39 is 0 Å². The Hall–Kier alpha value is -1.26. The molecule has 0 aromatic heterocycles. The molecule has 1 fully saturated rings. The molecule has 2 rings (SSSR count). The van der Waals surface area contributed by atoms with Crippen LogP contribution in [0.4, 0.5) is 5.69 Å². The van der Waals surface area contributed by atoms with E-state index in [1.165, 1.54) is 6.42 Å². The number of nitrogens with zero attached hydrogens (tertiary/aromatic N) is 1. The summed E-state index contributed by atoms with van der Waals surface area (Å²) in [4.78, 5) is 14.3. The van der Waals surface area contributed by atoms with E-state index in [0.717, 1.165) is 37.3 Å². The van der Waals surface area contributed by atoms with Gasteiger partial charge in [0.25, 0.3) is 5.91 Å².